The molecule has 2 N–H and O–H groups in total. The minimum atomic E-state index is -3.77. The number of benzene rings is 2. The first-order chi connectivity index (χ1) is 11.8. The van der Waals surface area contributed by atoms with Crippen LogP contribution in [0.5, 0.6) is 0 Å². The van der Waals surface area contributed by atoms with E-state index in [0.717, 1.165) is 12.5 Å². The van der Waals surface area contributed by atoms with Crippen molar-refractivity contribution in [1.29, 1.82) is 0 Å². The van der Waals surface area contributed by atoms with Gasteiger partial charge in [0.1, 0.15) is 5.82 Å². The molecule has 0 atom stereocenters. The molecule has 0 aliphatic rings. The highest BCUT2D eigenvalue weighted by Crippen LogP contribution is 2.20. The van der Waals surface area contributed by atoms with Gasteiger partial charge in [-0.15, -0.1) is 0 Å². The molecule has 134 valence electrons. The summed E-state index contributed by atoms with van der Waals surface area (Å²) in [5, 5.41) is 2.88. The van der Waals surface area contributed by atoms with Crippen LogP contribution in [0, 0.1) is 5.82 Å². The monoisotopic (exact) mass is 384 g/mol. The van der Waals surface area contributed by atoms with E-state index in [2.05, 4.69) is 10.0 Å². The third kappa shape index (κ3) is 5.26. The Labute approximate surface area is 151 Å². The van der Waals surface area contributed by atoms with Gasteiger partial charge < -0.3 is 5.32 Å². The maximum atomic E-state index is 14.2. The molecule has 0 radical (unpaired) electrons. The average Bonchev–Trinajstić information content (AvgIpc) is 2.57. The second-order valence-electron chi connectivity index (χ2n) is 5.35. The fourth-order valence-electron chi connectivity index (χ4n) is 2.03. The Balaban J connectivity index is 2.13. The summed E-state index contributed by atoms with van der Waals surface area (Å²) in [5.74, 6) is -1.35. The van der Waals surface area contributed by atoms with E-state index >= 15 is 0 Å². The molecule has 0 spiro atoms. The third-order valence-corrected chi connectivity index (χ3v) is 5.14. The minimum Gasteiger partial charge on any atom is -0.319 e. The molecule has 0 aliphatic heterocycles. The molecule has 0 aromatic heterocycles. The molecular weight excluding hydrogens is 367 g/mol. The van der Waals surface area contributed by atoms with Crippen molar-refractivity contribution in [3.63, 3.8) is 0 Å². The van der Waals surface area contributed by atoms with E-state index in [-0.39, 0.29) is 17.1 Å². The fraction of sp³-hybridized carbons (Fsp3) is 0.235. The molecule has 0 heterocycles. The zero-order valence-corrected chi connectivity index (χ0v) is 15.1. The van der Waals surface area contributed by atoms with E-state index in [4.69, 9.17) is 11.6 Å². The summed E-state index contributed by atoms with van der Waals surface area (Å²) >= 11 is 5.75. The molecule has 2 rings (SSSR count). The lowest BCUT2D eigenvalue weighted by Crippen LogP contribution is -2.25. The van der Waals surface area contributed by atoms with Crippen LogP contribution < -0.4 is 10.0 Å². The smallest absolute Gasteiger partial charge is 0.255 e. The standard InChI is InChI=1S/C17H18ClFN2O3S/c1-2-3-10-20-25(23,24)14-8-9-16(15(19)11-14)21-17(22)12-4-6-13(18)7-5-12/h4-9,11,20H,2-3,10H2,1H3,(H,21,22). The van der Waals surface area contributed by atoms with E-state index in [1.165, 1.54) is 24.3 Å². The third-order valence-electron chi connectivity index (χ3n) is 3.43. The SMILES string of the molecule is CCCCNS(=O)(=O)c1ccc(NC(=O)c2ccc(Cl)cc2)c(F)c1. The molecule has 0 fully saturated rings. The van der Waals surface area contributed by atoms with Gasteiger partial charge in [-0.05, 0) is 48.9 Å². The number of amides is 1. The Morgan fingerprint density at radius 1 is 1.16 bits per heavy atom. The van der Waals surface area contributed by atoms with Crippen molar-refractivity contribution in [3.05, 3.63) is 58.9 Å². The highest BCUT2D eigenvalue weighted by Gasteiger charge is 2.17. The molecule has 0 aliphatic carbocycles. The number of hydrogen-bond acceptors (Lipinski definition) is 3. The van der Waals surface area contributed by atoms with Crippen LogP contribution in [0.15, 0.2) is 47.4 Å². The Morgan fingerprint density at radius 3 is 2.44 bits per heavy atom. The zero-order chi connectivity index (χ0) is 18.4. The molecule has 2 aromatic rings. The topological polar surface area (TPSA) is 75.3 Å². The van der Waals surface area contributed by atoms with Crippen LogP contribution in [-0.4, -0.2) is 20.9 Å². The van der Waals surface area contributed by atoms with Gasteiger partial charge in [-0.25, -0.2) is 17.5 Å². The van der Waals surface area contributed by atoms with Crippen LogP contribution in [0.3, 0.4) is 0 Å². The summed E-state index contributed by atoms with van der Waals surface area (Å²) in [5.41, 5.74) is 0.203. The molecule has 8 heteroatoms. The summed E-state index contributed by atoms with van der Waals surface area (Å²) in [7, 11) is -3.77. The molecule has 0 saturated carbocycles. The summed E-state index contributed by atoms with van der Waals surface area (Å²) in [4.78, 5) is 11.9. The van der Waals surface area contributed by atoms with Gasteiger partial charge in [0.15, 0.2) is 0 Å². The van der Waals surface area contributed by atoms with Crippen LogP contribution in [0.4, 0.5) is 10.1 Å². The summed E-state index contributed by atoms with van der Waals surface area (Å²) in [6, 6.07) is 9.45. The molecule has 5 nitrogen and oxygen atoms in total. The first kappa shape index (κ1) is 19.4. The normalized spacial score (nSPS) is 11.3. The van der Waals surface area contributed by atoms with Crippen molar-refractivity contribution < 1.29 is 17.6 Å². The van der Waals surface area contributed by atoms with Crippen molar-refractivity contribution in [2.24, 2.45) is 0 Å². The lowest BCUT2D eigenvalue weighted by Gasteiger charge is -2.10. The molecule has 25 heavy (non-hydrogen) atoms. The fourth-order valence-corrected chi connectivity index (χ4v) is 3.24. The Kier molecular flexibility index (Phi) is 6.52. The quantitative estimate of drug-likeness (QED) is 0.713. The van der Waals surface area contributed by atoms with Crippen LogP contribution in [0.1, 0.15) is 30.1 Å². The highest BCUT2D eigenvalue weighted by molar-refractivity contribution is 7.89. The predicted octanol–water partition coefficient (Wildman–Crippen LogP) is 3.81. The summed E-state index contributed by atoms with van der Waals surface area (Å²) in [6.07, 6.45) is 1.53. The molecular formula is C17H18ClFN2O3S. The first-order valence-electron chi connectivity index (χ1n) is 7.69. The van der Waals surface area contributed by atoms with E-state index in [1.54, 1.807) is 12.1 Å². The number of rotatable bonds is 7. The highest BCUT2D eigenvalue weighted by atomic mass is 35.5. The van der Waals surface area contributed by atoms with Gasteiger partial charge in [-0.2, -0.15) is 0 Å². The molecule has 1 amide bonds. The summed E-state index contributed by atoms with van der Waals surface area (Å²) in [6.45, 7) is 2.22. The van der Waals surface area contributed by atoms with Crippen LogP contribution in [0.25, 0.3) is 0 Å². The van der Waals surface area contributed by atoms with Crippen LogP contribution >= 0.6 is 11.6 Å². The maximum Gasteiger partial charge on any atom is 0.255 e. The molecule has 0 saturated heterocycles. The van der Waals surface area contributed by atoms with E-state index in [1.807, 2.05) is 6.92 Å². The number of carbonyl (C=O) groups is 1. The van der Waals surface area contributed by atoms with E-state index in [0.29, 0.717) is 17.0 Å². The van der Waals surface area contributed by atoms with Crippen molar-refractivity contribution in [1.82, 2.24) is 4.72 Å². The van der Waals surface area contributed by atoms with Crippen LogP contribution in [0.2, 0.25) is 5.02 Å². The van der Waals surface area contributed by atoms with Gasteiger partial charge in [0.05, 0.1) is 10.6 Å². The van der Waals surface area contributed by atoms with Crippen LogP contribution in [-0.2, 0) is 10.0 Å². The number of nitrogens with one attached hydrogen (secondary N) is 2. The number of halogens is 2. The Bertz CT molecular complexity index is 855. The average molecular weight is 385 g/mol. The van der Waals surface area contributed by atoms with Gasteiger partial charge in [0.25, 0.3) is 5.91 Å². The lowest BCUT2D eigenvalue weighted by atomic mass is 10.2. The van der Waals surface area contributed by atoms with Crippen molar-refractivity contribution in [3.8, 4) is 0 Å². The second-order valence-corrected chi connectivity index (χ2v) is 7.56. The van der Waals surface area contributed by atoms with Gasteiger partial charge in [-0.3, -0.25) is 4.79 Å². The van der Waals surface area contributed by atoms with E-state index < -0.39 is 21.7 Å². The van der Waals surface area contributed by atoms with Crippen molar-refractivity contribution in [2.75, 3.05) is 11.9 Å². The van der Waals surface area contributed by atoms with Gasteiger partial charge >= 0.3 is 0 Å². The second kappa shape index (κ2) is 8.42. The minimum absolute atomic E-state index is 0.104. The Morgan fingerprint density at radius 2 is 1.84 bits per heavy atom. The van der Waals surface area contributed by atoms with Crippen molar-refractivity contribution >= 4 is 33.2 Å². The molecule has 0 unspecified atom stereocenters. The lowest BCUT2D eigenvalue weighted by molar-refractivity contribution is 0.102. The number of carbonyl (C=O) groups excluding carboxylic acids is 1. The van der Waals surface area contributed by atoms with Gasteiger partial charge in [0, 0.05) is 17.1 Å². The number of hydrogen-bond donors (Lipinski definition) is 2. The summed E-state index contributed by atoms with van der Waals surface area (Å²) < 4.78 is 40.7. The molecule has 2 aromatic carbocycles. The zero-order valence-electron chi connectivity index (χ0n) is 13.6. The first-order valence-corrected chi connectivity index (χ1v) is 9.55. The number of unbranched alkanes of at least 4 members (excludes halogenated alkanes) is 1. The van der Waals surface area contributed by atoms with Gasteiger partial charge in [0.2, 0.25) is 10.0 Å². The largest absolute Gasteiger partial charge is 0.319 e. The maximum absolute atomic E-state index is 14.2. The predicted molar refractivity (Wildman–Crippen MR) is 95.9 cm³/mol. The van der Waals surface area contributed by atoms with Gasteiger partial charge in [-0.1, -0.05) is 24.9 Å². The Hall–Kier alpha value is -1.96. The van der Waals surface area contributed by atoms with E-state index in [9.17, 15) is 17.6 Å². The number of anilines is 1. The van der Waals surface area contributed by atoms with Crippen molar-refractivity contribution in [2.45, 2.75) is 24.7 Å². The number of sulfonamides is 1. The molecule has 0 bridgehead atoms.